The number of allylic oxidation sites excluding steroid dienone is 2. The van der Waals surface area contributed by atoms with Crippen molar-refractivity contribution in [1.29, 1.82) is 0 Å². The van der Waals surface area contributed by atoms with E-state index in [9.17, 15) is 4.79 Å². The number of ketones is 1. The maximum Gasteiger partial charge on any atom is 0.158 e. The number of hydrogen-bond acceptors (Lipinski definition) is 1. The zero-order valence-corrected chi connectivity index (χ0v) is 10.5. The third kappa shape index (κ3) is 4.19. The molecule has 1 fully saturated rings. The summed E-state index contributed by atoms with van der Waals surface area (Å²) in [6.45, 7) is 8.76. The zero-order valence-electron chi connectivity index (χ0n) is 10.5. The van der Waals surface area contributed by atoms with Crippen LogP contribution in [-0.2, 0) is 4.79 Å². The van der Waals surface area contributed by atoms with E-state index in [0.717, 1.165) is 12.8 Å². The van der Waals surface area contributed by atoms with Crippen LogP contribution in [0.4, 0.5) is 0 Å². The van der Waals surface area contributed by atoms with E-state index in [0.29, 0.717) is 17.1 Å². The van der Waals surface area contributed by atoms with Gasteiger partial charge in [-0.3, -0.25) is 4.79 Å². The van der Waals surface area contributed by atoms with Gasteiger partial charge in [-0.2, -0.15) is 0 Å². The van der Waals surface area contributed by atoms with Gasteiger partial charge in [-0.05, 0) is 36.7 Å². The molecule has 1 heteroatoms. The van der Waals surface area contributed by atoms with Crippen molar-refractivity contribution in [3.8, 4) is 0 Å². The second-order valence-corrected chi connectivity index (χ2v) is 5.96. The Labute approximate surface area is 93.9 Å². The number of carbonyl (C=O) groups is 1. The molecular formula is C14H24O. The van der Waals surface area contributed by atoms with Gasteiger partial charge in [-0.1, -0.05) is 40.2 Å². The van der Waals surface area contributed by atoms with Crippen molar-refractivity contribution in [2.75, 3.05) is 0 Å². The van der Waals surface area contributed by atoms with E-state index in [4.69, 9.17) is 0 Å². The lowest BCUT2D eigenvalue weighted by molar-refractivity contribution is -0.120. The summed E-state index contributed by atoms with van der Waals surface area (Å²) in [7, 11) is 0. The monoisotopic (exact) mass is 208 g/mol. The van der Waals surface area contributed by atoms with Crippen molar-refractivity contribution < 1.29 is 4.79 Å². The first-order valence-electron chi connectivity index (χ1n) is 6.13. The number of carbonyl (C=O) groups excluding carboxylic acids is 1. The summed E-state index contributed by atoms with van der Waals surface area (Å²) in [6, 6.07) is 0. The summed E-state index contributed by atoms with van der Waals surface area (Å²) in [4.78, 5) is 11.9. The maximum atomic E-state index is 11.9. The third-order valence-electron chi connectivity index (χ3n) is 3.25. The van der Waals surface area contributed by atoms with Crippen molar-refractivity contribution >= 4 is 5.78 Å². The third-order valence-corrected chi connectivity index (χ3v) is 3.25. The highest BCUT2D eigenvalue weighted by atomic mass is 16.1. The van der Waals surface area contributed by atoms with E-state index in [1.54, 1.807) is 6.08 Å². The number of rotatable bonds is 3. The van der Waals surface area contributed by atoms with Gasteiger partial charge in [-0.25, -0.2) is 0 Å². The van der Waals surface area contributed by atoms with Crippen LogP contribution in [0, 0.1) is 17.3 Å². The molecule has 1 unspecified atom stereocenters. The summed E-state index contributed by atoms with van der Waals surface area (Å²) in [6.07, 6.45) is 8.45. The second-order valence-electron chi connectivity index (χ2n) is 5.96. The van der Waals surface area contributed by atoms with E-state index < -0.39 is 0 Å². The van der Waals surface area contributed by atoms with Crippen molar-refractivity contribution in [1.82, 2.24) is 0 Å². The highest BCUT2D eigenvalue weighted by molar-refractivity contribution is 5.91. The molecule has 0 amide bonds. The lowest BCUT2D eigenvalue weighted by atomic mass is 9.71. The Bertz CT molecular complexity index is 248. The lowest BCUT2D eigenvalue weighted by Gasteiger charge is -2.34. The highest BCUT2D eigenvalue weighted by Crippen LogP contribution is 2.38. The van der Waals surface area contributed by atoms with Crippen LogP contribution in [-0.4, -0.2) is 5.78 Å². The second kappa shape index (κ2) is 4.96. The summed E-state index contributed by atoms with van der Waals surface area (Å²) in [5.41, 5.74) is 0.365. The van der Waals surface area contributed by atoms with Crippen molar-refractivity contribution in [3.05, 3.63) is 12.2 Å². The highest BCUT2D eigenvalue weighted by Gasteiger charge is 2.30. The smallest absolute Gasteiger partial charge is 0.158 e. The quantitative estimate of drug-likeness (QED) is 0.641. The molecule has 0 aromatic carbocycles. The Hall–Kier alpha value is -0.590. The molecule has 0 aliphatic heterocycles. The molecule has 0 radical (unpaired) electrons. The molecule has 0 bridgehead atoms. The van der Waals surface area contributed by atoms with Gasteiger partial charge in [0.05, 0.1) is 0 Å². The summed E-state index contributed by atoms with van der Waals surface area (Å²) in [5.74, 6) is 1.10. The fourth-order valence-corrected chi connectivity index (χ4v) is 2.36. The Morgan fingerprint density at radius 1 is 1.40 bits per heavy atom. The lowest BCUT2D eigenvalue weighted by Crippen LogP contribution is -2.27. The minimum atomic E-state index is 0.281. The van der Waals surface area contributed by atoms with Gasteiger partial charge >= 0.3 is 0 Å². The van der Waals surface area contributed by atoms with E-state index in [1.165, 1.54) is 12.8 Å². The molecule has 0 spiro atoms. The predicted octanol–water partition coefficient (Wildman–Crippen LogP) is 3.98. The van der Waals surface area contributed by atoms with E-state index in [2.05, 4.69) is 27.7 Å². The van der Waals surface area contributed by atoms with Crippen molar-refractivity contribution in [2.24, 2.45) is 17.3 Å². The molecule has 0 N–H and O–H groups in total. The topological polar surface area (TPSA) is 17.1 Å². The zero-order chi connectivity index (χ0) is 11.5. The Morgan fingerprint density at radius 3 is 2.60 bits per heavy atom. The first kappa shape index (κ1) is 12.5. The van der Waals surface area contributed by atoms with Crippen LogP contribution in [0.2, 0.25) is 0 Å². The maximum absolute atomic E-state index is 11.9. The summed E-state index contributed by atoms with van der Waals surface area (Å²) < 4.78 is 0. The van der Waals surface area contributed by atoms with Gasteiger partial charge in [0.2, 0.25) is 0 Å². The van der Waals surface area contributed by atoms with Gasteiger partial charge in [0, 0.05) is 5.92 Å². The van der Waals surface area contributed by atoms with Crippen molar-refractivity contribution in [3.63, 3.8) is 0 Å². The molecule has 0 aromatic rings. The van der Waals surface area contributed by atoms with Gasteiger partial charge < -0.3 is 0 Å². The van der Waals surface area contributed by atoms with Gasteiger partial charge in [0.15, 0.2) is 5.78 Å². The molecule has 15 heavy (non-hydrogen) atoms. The predicted molar refractivity (Wildman–Crippen MR) is 64.7 cm³/mol. The largest absolute Gasteiger partial charge is 0.295 e. The van der Waals surface area contributed by atoms with E-state index in [-0.39, 0.29) is 5.92 Å². The molecule has 1 nitrogen and oxygen atoms in total. The first-order valence-corrected chi connectivity index (χ1v) is 6.13. The average molecular weight is 208 g/mol. The first-order chi connectivity index (χ1) is 6.91. The molecule has 1 rings (SSSR count). The van der Waals surface area contributed by atoms with E-state index >= 15 is 0 Å². The standard InChI is InChI=1S/C14H24O/c1-11(2)7-8-13(15)12-6-5-9-14(3,4)10-12/h7-8,11-12H,5-6,9-10H2,1-4H3. The molecule has 0 aromatic heterocycles. The van der Waals surface area contributed by atoms with Crippen LogP contribution >= 0.6 is 0 Å². The van der Waals surface area contributed by atoms with Crippen LogP contribution in [0.1, 0.15) is 53.4 Å². The Kier molecular flexibility index (Phi) is 4.12. The molecule has 1 saturated carbocycles. The fraction of sp³-hybridized carbons (Fsp3) is 0.786. The van der Waals surface area contributed by atoms with Gasteiger partial charge in [0.25, 0.3) is 0 Å². The van der Waals surface area contributed by atoms with Crippen LogP contribution in [0.5, 0.6) is 0 Å². The fourth-order valence-electron chi connectivity index (χ4n) is 2.36. The summed E-state index contributed by atoms with van der Waals surface area (Å²) >= 11 is 0. The minimum Gasteiger partial charge on any atom is -0.295 e. The molecule has 0 saturated heterocycles. The molecule has 1 atom stereocenters. The Morgan fingerprint density at radius 2 is 2.07 bits per heavy atom. The van der Waals surface area contributed by atoms with Crippen molar-refractivity contribution in [2.45, 2.75) is 53.4 Å². The molecule has 86 valence electrons. The van der Waals surface area contributed by atoms with Crippen LogP contribution in [0.25, 0.3) is 0 Å². The number of hydrogen-bond donors (Lipinski definition) is 0. The van der Waals surface area contributed by atoms with Crippen LogP contribution in [0.3, 0.4) is 0 Å². The molecular weight excluding hydrogens is 184 g/mol. The molecule has 1 aliphatic carbocycles. The normalized spacial score (nSPS) is 26.1. The summed E-state index contributed by atoms with van der Waals surface area (Å²) in [5, 5.41) is 0. The van der Waals surface area contributed by atoms with Gasteiger partial charge in [-0.15, -0.1) is 0 Å². The molecule has 1 aliphatic rings. The SMILES string of the molecule is CC(C)C=CC(=O)C1CCCC(C)(C)C1. The molecule has 0 heterocycles. The minimum absolute atomic E-state index is 0.281. The van der Waals surface area contributed by atoms with E-state index in [1.807, 2.05) is 6.08 Å². The van der Waals surface area contributed by atoms with Crippen LogP contribution in [0.15, 0.2) is 12.2 Å². The average Bonchev–Trinajstić information content (AvgIpc) is 2.12. The van der Waals surface area contributed by atoms with Gasteiger partial charge in [0.1, 0.15) is 0 Å². The van der Waals surface area contributed by atoms with Crippen LogP contribution < -0.4 is 0 Å². The Balaban J connectivity index is 2.53.